The molecule has 0 unspecified atom stereocenters. The number of cyclic esters (lactones) is 1. The van der Waals surface area contributed by atoms with Gasteiger partial charge in [0.15, 0.2) is 0 Å². The molecule has 23 heavy (non-hydrogen) atoms. The van der Waals surface area contributed by atoms with Gasteiger partial charge in [-0.1, -0.05) is 23.7 Å². The Hall–Kier alpha value is -1.89. The van der Waals surface area contributed by atoms with Crippen molar-refractivity contribution in [1.82, 2.24) is 5.32 Å². The monoisotopic (exact) mass is 337 g/mol. The van der Waals surface area contributed by atoms with E-state index >= 15 is 0 Å². The van der Waals surface area contributed by atoms with Crippen molar-refractivity contribution in [2.45, 2.75) is 37.6 Å². The summed E-state index contributed by atoms with van der Waals surface area (Å²) in [5, 5.41) is 3.72. The van der Waals surface area contributed by atoms with Crippen LogP contribution in [0.1, 0.15) is 25.8 Å². The van der Waals surface area contributed by atoms with Gasteiger partial charge in [0.25, 0.3) is 5.79 Å². The van der Waals surface area contributed by atoms with Crippen LogP contribution in [0.5, 0.6) is 0 Å². The number of nitrogens with one attached hydrogen (secondary N) is 1. The van der Waals surface area contributed by atoms with E-state index in [0.29, 0.717) is 17.0 Å². The summed E-state index contributed by atoms with van der Waals surface area (Å²) in [6.45, 7) is 4.01. The number of hydrogen-bond acceptors (Lipinski definition) is 6. The van der Waals surface area contributed by atoms with E-state index in [4.69, 9.17) is 26.1 Å². The highest BCUT2D eigenvalue weighted by Gasteiger charge is 2.56. The maximum absolute atomic E-state index is 12.0. The number of benzene rings is 1. The van der Waals surface area contributed by atoms with Crippen LogP contribution in [0.4, 0.5) is 0 Å². The maximum atomic E-state index is 12.0. The van der Waals surface area contributed by atoms with Gasteiger partial charge in [-0.25, -0.2) is 9.59 Å². The third-order valence-corrected chi connectivity index (χ3v) is 4.06. The van der Waals surface area contributed by atoms with Gasteiger partial charge in [0.05, 0.1) is 6.04 Å². The highest BCUT2D eigenvalue weighted by atomic mass is 35.5. The minimum absolute atomic E-state index is 0.145. The number of halogens is 1. The summed E-state index contributed by atoms with van der Waals surface area (Å²) in [5.74, 6) is -3.09. The van der Waals surface area contributed by atoms with Crippen molar-refractivity contribution >= 4 is 23.5 Å². The first-order valence-corrected chi connectivity index (χ1v) is 7.53. The molecule has 0 aliphatic carbocycles. The van der Waals surface area contributed by atoms with Crippen molar-refractivity contribution < 1.29 is 24.1 Å². The molecule has 0 saturated carbocycles. The van der Waals surface area contributed by atoms with Gasteiger partial charge in [0, 0.05) is 28.3 Å². The summed E-state index contributed by atoms with van der Waals surface area (Å²) >= 11 is 6.05. The fourth-order valence-electron chi connectivity index (χ4n) is 2.80. The van der Waals surface area contributed by atoms with E-state index in [9.17, 15) is 9.59 Å². The first kappa shape index (κ1) is 16.0. The number of esters is 1. The van der Waals surface area contributed by atoms with Crippen molar-refractivity contribution in [2.75, 3.05) is 0 Å². The van der Waals surface area contributed by atoms with Crippen LogP contribution in [0, 0.1) is 0 Å². The number of rotatable bonds is 2. The molecule has 0 bridgehead atoms. The Kier molecular flexibility index (Phi) is 3.91. The number of carbonyl (C=O) groups is 2. The molecule has 0 amide bonds. The summed E-state index contributed by atoms with van der Waals surface area (Å²) in [7, 11) is 0. The highest BCUT2D eigenvalue weighted by Crippen LogP contribution is 2.42. The Bertz CT molecular complexity index is 679. The molecule has 1 saturated heterocycles. The number of carbonyl (C=O) groups excluding carboxylic acids is 2. The summed E-state index contributed by atoms with van der Waals surface area (Å²) in [4.78, 5) is 33.6. The largest absolute Gasteiger partial charge is 0.420 e. The zero-order chi connectivity index (χ0) is 16.7. The molecular weight excluding hydrogens is 322 g/mol. The van der Waals surface area contributed by atoms with Gasteiger partial charge in [0.1, 0.15) is 0 Å². The highest BCUT2D eigenvalue weighted by molar-refractivity contribution is 6.30. The molecule has 1 fully saturated rings. The van der Waals surface area contributed by atoms with Crippen LogP contribution in [0.3, 0.4) is 0 Å². The third kappa shape index (κ3) is 3.10. The smallest absolute Gasteiger partial charge is 0.366 e. The number of ether oxygens (including phenoxy) is 1. The molecule has 6 nitrogen and oxygen atoms in total. The molecule has 1 aromatic rings. The van der Waals surface area contributed by atoms with E-state index in [1.165, 1.54) is 0 Å². The predicted octanol–water partition coefficient (Wildman–Crippen LogP) is 2.22. The van der Waals surface area contributed by atoms with Crippen molar-refractivity contribution in [1.29, 1.82) is 0 Å². The van der Waals surface area contributed by atoms with E-state index < -0.39 is 17.7 Å². The lowest BCUT2D eigenvalue weighted by Gasteiger charge is -2.51. The molecule has 1 aromatic carbocycles. The Morgan fingerprint density at radius 3 is 2.57 bits per heavy atom. The van der Waals surface area contributed by atoms with Crippen LogP contribution >= 0.6 is 11.6 Å². The topological polar surface area (TPSA) is 73.9 Å². The van der Waals surface area contributed by atoms with Gasteiger partial charge in [0.2, 0.25) is 0 Å². The predicted molar refractivity (Wildman–Crippen MR) is 81.2 cm³/mol. The average Bonchev–Trinajstić information content (AvgIpc) is 2.45. The summed E-state index contributed by atoms with van der Waals surface area (Å²) in [5.41, 5.74) is 0.336. The minimum Gasteiger partial charge on any atom is -0.420 e. The van der Waals surface area contributed by atoms with Crippen LogP contribution in [-0.2, 0) is 29.9 Å². The molecule has 1 N–H and O–H groups in total. The van der Waals surface area contributed by atoms with Gasteiger partial charge in [-0.05, 0) is 32.4 Å². The van der Waals surface area contributed by atoms with Gasteiger partial charge in [-0.3, -0.25) is 4.89 Å². The molecule has 7 heteroatoms. The average molecular weight is 338 g/mol. The first-order valence-electron chi connectivity index (χ1n) is 7.15. The van der Waals surface area contributed by atoms with Crippen molar-refractivity contribution in [3.8, 4) is 0 Å². The van der Waals surface area contributed by atoms with E-state index in [1.807, 2.05) is 13.8 Å². The van der Waals surface area contributed by atoms with Crippen LogP contribution < -0.4 is 5.32 Å². The lowest BCUT2D eigenvalue weighted by atomic mass is 9.78. The van der Waals surface area contributed by atoms with Crippen LogP contribution in [0.25, 0.3) is 0 Å². The van der Waals surface area contributed by atoms with E-state index in [-0.39, 0.29) is 11.6 Å². The summed E-state index contributed by atoms with van der Waals surface area (Å²) < 4.78 is 5.52. The molecule has 2 atom stereocenters. The quantitative estimate of drug-likeness (QED) is 0.659. The number of hydrogen-bond donors (Lipinski definition) is 1. The fraction of sp³-hybridized carbons (Fsp3) is 0.375. The molecule has 0 spiro atoms. The Morgan fingerprint density at radius 2 is 1.91 bits per heavy atom. The van der Waals surface area contributed by atoms with Gasteiger partial charge in [-0.2, -0.15) is 0 Å². The van der Waals surface area contributed by atoms with Crippen LogP contribution in [-0.4, -0.2) is 23.5 Å². The minimum atomic E-state index is -1.60. The molecule has 2 heterocycles. The van der Waals surface area contributed by atoms with Crippen LogP contribution in [0.2, 0.25) is 5.02 Å². The lowest BCUT2D eigenvalue weighted by molar-refractivity contribution is -0.415. The third-order valence-electron chi connectivity index (χ3n) is 3.82. The van der Waals surface area contributed by atoms with Gasteiger partial charge < -0.3 is 10.1 Å². The molecule has 122 valence electrons. The lowest BCUT2D eigenvalue weighted by Crippen LogP contribution is -2.69. The van der Waals surface area contributed by atoms with Gasteiger partial charge >= 0.3 is 11.9 Å². The SMILES string of the molecule is CC1(C)C[C@H]([C@@]2(c3cccc(Cl)c3)OOC(=O)/C=C\C(=O)O2)N1. The van der Waals surface area contributed by atoms with Gasteiger partial charge in [-0.15, -0.1) is 4.89 Å². The Labute approximate surface area is 138 Å². The van der Waals surface area contributed by atoms with E-state index in [0.717, 1.165) is 12.2 Å². The fourth-order valence-corrected chi connectivity index (χ4v) is 2.99. The summed E-state index contributed by atoms with van der Waals surface area (Å²) in [6.07, 6.45) is 2.60. The second-order valence-corrected chi connectivity index (χ2v) is 6.64. The normalized spacial score (nSPS) is 31.2. The maximum Gasteiger partial charge on any atom is 0.366 e. The standard InChI is InChI=1S/C16H16ClNO5/c1-15(2)9-12(18-15)16(10-4-3-5-11(17)8-10)21-13(19)6-7-14(20)22-23-16/h3-8,12,18H,9H2,1-2H3/b7-6-/t12-,16-/m1/s1. The molecule has 3 rings (SSSR count). The van der Waals surface area contributed by atoms with E-state index in [2.05, 4.69) is 5.32 Å². The molecule has 2 aliphatic heterocycles. The van der Waals surface area contributed by atoms with Crippen LogP contribution in [0.15, 0.2) is 36.4 Å². The Balaban J connectivity index is 2.04. The Morgan fingerprint density at radius 1 is 1.22 bits per heavy atom. The zero-order valence-corrected chi connectivity index (χ0v) is 13.4. The van der Waals surface area contributed by atoms with Crippen molar-refractivity contribution in [2.24, 2.45) is 0 Å². The first-order chi connectivity index (χ1) is 10.8. The van der Waals surface area contributed by atoms with Crippen molar-refractivity contribution in [3.05, 3.63) is 47.0 Å². The molecule has 2 aliphatic rings. The second-order valence-electron chi connectivity index (χ2n) is 6.20. The second kappa shape index (κ2) is 5.63. The molecular formula is C16H16ClNO5. The molecule has 0 radical (unpaired) electrons. The molecule has 0 aromatic heterocycles. The van der Waals surface area contributed by atoms with E-state index in [1.54, 1.807) is 24.3 Å². The zero-order valence-electron chi connectivity index (χ0n) is 12.7. The van der Waals surface area contributed by atoms with Crippen molar-refractivity contribution in [3.63, 3.8) is 0 Å². The summed E-state index contributed by atoms with van der Waals surface area (Å²) in [6, 6.07) is 6.32.